The number of hydrogen-bond donors (Lipinski definition) is 0. The van der Waals surface area contributed by atoms with Crippen molar-refractivity contribution in [3.8, 4) is 17.2 Å². The minimum Gasteiger partial charge on any atom is -0.454 e. The summed E-state index contributed by atoms with van der Waals surface area (Å²) in [5, 5.41) is 0. The van der Waals surface area contributed by atoms with Crippen LogP contribution in [0.3, 0.4) is 0 Å². The van der Waals surface area contributed by atoms with Crippen LogP contribution in [0.15, 0.2) is 66.7 Å². The Kier molecular flexibility index (Phi) is 4.61. The summed E-state index contributed by atoms with van der Waals surface area (Å²) in [4.78, 5) is 42.8. The number of carbonyl (C=O) groups is 3. The highest BCUT2D eigenvalue weighted by Gasteiger charge is 2.60. The molecule has 0 radical (unpaired) electrons. The number of nitrogens with zero attached hydrogens (tertiary/aromatic N) is 1. The van der Waals surface area contributed by atoms with Crippen molar-refractivity contribution in [1.29, 1.82) is 0 Å². The molecule has 3 aromatic carbocycles. The normalized spacial score (nSPS) is 25.3. The van der Waals surface area contributed by atoms with E-state index in [0.717, 1.165) is 27.8 Å². The number of hydrogen-bond acceptors (Lipinski definition) is 6. The van der Waals surface area contributed by atoms with Crippen LogP contribution in [0.1, 0.15) is 28.2 Å². The Labute approximate surface area is 213 Å². The van der Waals surface area contributed by atoms with Gasteiger partial charge in [0.25, 0.3) is 0 Å². The van der Waals surface area contributed by atoms with Crippen LogP contribution >= 0.6 is 0 Å². The number of fused-ring (bicyclic) bond motifs is 6. The SMILES string of the molecule is Cc1ccc2c(c1)OC(=O)[C@@H]1C2=C[C@H](c2ccc3c(c2)OCO3)[C@@H]2C(=O)N(c3ccccc3C)C(=O)[C@@H]12. The number of aryl methyl sites for hydroxylation is 2. The summed E-state index contributed by atoms with van der Waals surface area (Å²) in [5.41, 5.74) is 4.63. The molecule has 0 N–H and O–H groups in total. The summed E-state index contributed by atoms with van der Waals surface area (Å²) in [6.07, 6.45) is 1.98. The summed E-state index contributed by atoms with van der Waals surface area (Å²) in [6.45, 7) is 3.93. The van der Waals surface area contributed by atoms with Crippen LogP contribution in [-0.4, -0.2) is 24.6 Å². The first kappa shape index (κ1) is 21.9. The molecule has 0 saturated carbocycles. The van der Waals surface area contributed by atoms with Crippen molar-refractivity contribution in [3.63, 3.8) is 0 Å². The standard InChI is InChI=1S/C30H23NO6/c1-15-7-9-18-20-13-19(17-8-10-22-24(12-17)36-14-35-22)25-27(26(20)30(34)37-23(18)11-15)29(33)31(28(25)32)21-6-4-3-5-16(21)2/h3-13,19,25-27H,14H2,1-2H3/t19-,25+,26-,27-/m1/s1. The third kappa shape index (κ3) is 3.10. The molecule has 1 fully saturated rings. The first-order valence-electron chi connectivity index (χ1n) is 12.3. The van der Waals surface area contributed by atoms with Gasteiger partial charge in [0.2, 0.25) is 18.6 Å². The second kappa shape index (κ2) is 7.80. The average Bonchev–Trinajstić information content (AvgIpc) is 3.46. The lowest BCUT2D eigenvalue weighted by Crippen LogP contribution is -2.42. The highest BCUT2D eigenvalue weighted by atomic mass is 16.7. The van der Waals surface area contributed by atoms with Crippen LogP contribution in [0.5, 0.6) is 17.2 Å². The molecule has 4 aliphatic rings. The van der Waals surface area contributed by atoms with Gasteiger partial charge in [-0.3, -0.25) is 14.4 Å². The molecular weight excluding hydrogens is 470 g/mol. The summed E-state index contributed by atoms with van der Waals surface area (Å²) in [5.74, 6) is -2.44. The second-order valence-electron chi connectivity index (χ2n) is 10.0. The van der Waals surface area contributed by atoms with Crippen molar-refractivity contribution in [3.05, 3.63) is 89.0 Å². The first-order chi connectivity index (χ1) is 17.9. The summed E-state index contributed by atoms with van der Waals surface area (Å²) < 4.78 is 16.8. The summed E-state index contributed by atoms with van der Waals surface area (Å²) in [7, 11) is 0. The van der Waals surface area contributed by atoms with Crippen LogP contribution in [0.25, 0.3) is 5.57 Å². The number of para-hydroxylation sites is 1. The van der Waals surface area contributed by atoms with E-state index in [1.807, 2.05) is 68.5 Å². The van der Waals surface area contributed by atoms with Gasteiger partial charge in [0, 0.05) is 11.5 Å². The zero-order valence-electron chi connectivity index (χ0n) is 20.3. The molecule has 1 saturated heterocycles. The molecule has 2 amide bonds. The van der Waals surface area contributed by atoms with E-state index in [1.54, 1.807) is 12.1 Å². The monoisotopic (exact) mass is 493 g/mol. The Balaban J connectivity index is 1.44. The van der Waals surface area contributed by atoms with Gasteiger partial charge in [-0.2, -0.15) is 0 Å². The van der Waals surface area contributed by atoms with Crippen molar-refractivity contribution < 1.29 is 28.6 Å². The molecule has 3 aromatic rings. The molecule has 0 unspecified atom stereocenters. The van der Waals surface area contributed by atoms with Crippen LogP contribution in [0, 0.1) is 31.6 Å². The fourth-order valence-corrected chi connectivity index (χ4v) is 6.17. The van der Waals surface area contributed by atoms with Crippen LogP contribution < -0.4 is 19.1 Å². The van der Waals surface area contributed by atoms with Crippen molar-refractivity contribution in [2.75, 3.05) is 11.7 Å². The summed E-state index contributed by atoms with van der Waals surface area (Å²) >= 11 is 0. The van der Waals surface area contributed by atoms with Gasteiger partial charge in [0.15, 0.2) is 11.5 Å². The molecule has 0 bridgehead atoms. The highest BCUT2D eigenvalue weighted by molar-refractivity contribution is 6.24. The number of anilines is 1. The van der Waals surface area contributed by atoms with E-state index in [0.29, 0.717) is 22.9 Å². The van der Waals surface area contributed by atoms with E-state index in [9.17, 15) is 14.4 Å². The molecule has 0 spiro atoms. The molecule has 184 valence electrons. The second-order valence-corrected chi connectivity index (χ2v) is 10.0. The van der Waals surface area contributed by atoms with Crippen molar-refractivity contribution in [2.24, 2.45) is 17.8 Å². The average molecular weight is 494 g/mol. The van der Waals surface area contributed by atoms with E-state index in [2.05, 4.69) is 0 Å². The van der Waals surface area contributed by atoms with Gasteiger partial charge in [0.1, 0.15) is 5.75 Å². The number of rotatable bonds is 2. The Morgan fingerprint density at radius 3 is 2.43 bits per heavy atom. The minimum absolute atomic E-state index is 0.135. The van der Waals surface area contributed by atoms with E-state index in [1.165, 1.54) is 4.90 Å². The smallest absolute Gasteiger partial charge is 0.319 e. The largest absolute Gasteiger partial charge is 0.454 e. The molecule has 3 heterocycles. The van der Waals surface area contributed by atoms with Crippen LogP contribution in [0.4, 0.5) is 5.69 Å². The molecule has 7 heteroatoms. The number of esters is 1. The zero-order valence-corrected chi connectivity index (χ0v) is 20.3. The van der Waals surface area contributed by atoms with Crippen molar-refractivity contribution in [2.45, 2.75) is 19.8 Å². The molecular formula is C30H23NO6. The highest BCUT2D eigenvalue weighted by Crippen LogP contribution is 2.55. The van der Waals surface area contributed by atoms with Gasteiger partial charge < -0.3 is 14.2 Å². The molecule has 1 aliphatic carbocycles. The fourth-order valence-electron chi connectivity index (χ4n) is 6.17. The van der Waals surface area contributed by atoms with E-state index < -0.39 is 29.6 Å². The molecule has 0 aromatic heterocycles. The van der Waals surface area contributed by atoms with Gasteiger partial charge in [-0.25, -0.2) is 4.90 Å². The predicted molar refractivity (Wildman–Crippen MR) is 134 cm³/mol. The first-order valence-corrected chi connectivity index (χ1v) is 12.3. The lowest BCUT2D eigenvalue weighted by Gasteiger charge is -2.38. The van der Waals surface area contributed by atoms with Crippen LogP contribution in [0.2, 0.25) is 0 Å². The van der Waals surface area contributed by atoms with Gasteiger partial charge in [-0.1, -0.05) is 42.5 Å². The Morgan fingerprint density at radius 2 is 1.59 bits per heavy atom. The maximum atomic E-state index is 14.1. The number of imide groups is 1. The van der Waals surface area contributed by atoms with Crippen molar-refractivity contribution >= 4 is 29.0 Å². The Hall–Kier alpha value is -4.39. The van der Waals surface area contributed by atoms with Gasteiger partial charge >= 0.3 is 5.97 Å². The number of benzene rings is 3. The molecule has 7 rings (SSSR count). The third-order valence-electron chi connectivity index (χ3n) is 7.89. The van der Waals surface area contributed by atoms with E-state index in [-0.39, 0.29) is 18.6 Å². The van der Waals surface area contributed by atoms with Gasteiger partial charge in [0.05, 0.1) is 23.4 Å². The van der Waals surface area contributed by atoms with Gasteiger partial charge in [-0.05, 0) is 60.4 Å². The topological polar surface area (TPSA) is 82.1 Å². The number of allylic oxidation sites excluding steroid dienone is 1. The van der Waals surface area contributed by atoms with Crippen molar-refractivity contribution in [1.82, 2.24) is 0 Å². The zero-order chi connectivity index (χ0) is 25.4. The number of carbonyl (C=O) groups excluding carboxylic acids is 3. The van der Waals surface area contributed by atoms with Gasteiger partial charge in [-0.15, -0.1) is 0 Å². The lowest BCUT2D eigenvalue weighted by molar-refractivity contribution is -0.142. The predicted octanol–water partition coefficient (Wildman–Crippen LogP) is 4.55. The lowest BCUT2D eigenvalue weighted by atomic mass is 9.64. The van der Waals surface area contributed by atoms with E-state index in [4.69, 9.17) is 14.2 Å². The molecule has 4 atom stereocenters. The fraction of sp³-hybridized carbons (Fsp3) is 0.233. The summed E-state index contributed by atoms with van der Waals surface area (Å²) in [6, 6.07) is 18.6. The molecule has 3 aliphatic heterocycles. The third-order valence-corrected chi connectivity index (χ3v) is 7.89. The number of amides is 2. The Bertz CT molecular complexity index is 1560. The molecule has 37 heavy (non-hydrogen) atoms. The van der Waals surface area contributed by atoms with Crippen LogP contribution in [-0.2, 0) is 14.4 Å². The maximum absolute atomic E-state index is 14.1. The minimum atomic E-state index is -0.885. The maximum Gasteiger partial charge on any atom is 0.319 e. The molecule has 7 nitrogen and oxygen atoms in total. The number of ether oxygens (including phenoxy) is 3. The Morgan fingerprint density at radius 1 is 0.811 bits per heavy atom. The van der Waals surface area contributed by atoms with E-state index >= 15 is 0 Å². The quantitative estimate of drug-likeness (QED) is 0.296.